The average molecular weight is 379 g/mol. The van der Waals surface area contributed by atoms with Crippen molar-refractivity contribution in [2.24, 2.45) is 0 Å². The number of rotatable bonds is 5. The van der Waals surface area contributed by atoms with Crippen molar-refractivity contribution in [1.29, 1.82) is 0 Å². The monoisotopic (exact) mass is 379 g/mol. The Labute approximate surface area is 164 Å². The number of likely N-dealkylation sites (tertiary alicyclic amines) is 1. The summed E-state index contributed by atoms with van der Waals surface area (Å²) in [6.45, 7) is 5.29. The van der Waals surface area contributed by atoms with E-state index >= 15 is 0 Å². The van der Waals surface area contributed by atoms with Crippen molar-refractivity contribution < 1.29 is 9.21 Å². The third kappa shape index (κ3) is 3.57. The van der Waals surface area contributed by atoms with Gasteiger partial charge in [-0.3, -0.25) is 9.89 Å². The molecule has 0 unspecified atom stereocenters. The molecule has 1 aliphatic heterocycles. The van der Waals surface area contributed by atoms with Crippen LogP contribution in [0, 0.1) is 0 Å². The second-order valence-electron chi connectivity index (χ2n) is 7.13. The Balaban J connectivity index is 1.51. The summed E-state index contributed by atoms with van der Waals surface area (Å²) in [5, 5.41) is 7.18. The van der Waals surface area contributed by atoms with E-state index in [1.54, 1.807) is 6.20 Å². The zero-order valence-electron chi connectivity index (χ0n) is 16.3. The Morgan fingerprint density at radius 3 is 2.75 bits per heavy atom. The first-order valence-electron chi connectivity index (χ1n) is 9.72. The van der Waals surface area contributed by atoms with Gasteiger partial charge in [0.05, 0.1) is 5.56 Å². The maximum atomic E-state index is 12.9. The zero-order chi connectivity index (χ0) is 19.5. The minimum Gasteiger partial charge on any atom is -0.443 e. The summed E-state index contributed by atoms with van der Waals surface area (Å²) >= 11 is 0. The minimum atomic E-state index is -0.102. The van der Waals surface area contributed by atoms with Crippen LogP contribution in [0.2, 0.25) is 0 Å². The molecule has 3 heterocycles. The number of amides is 1. The average Bonchev–Trinajstić information content (AvgIpc) is 3.43. The first kappa shape index (κ1) is 18.4. The molecular weight excluding hydrogens is 354 g/mol. The molecule has 0 atom stereocenters. The van der Waals surface area contributed by atoms with E-state index in [2.05, 4.69) is 27.0 Å². The lowest BCUT2D eigenvalue weighted by atomic mass is 10.0. The summed E-state index contributed by atoms with van der Waals surface area (Å²) in [5.74, 6) is 0.292. The smallest absolute Gasteiger partial charge is 0.275 e. The summed E-state index contributed by atoms with van der Waals surface area (Å²) in [7, 11) is 1.86. The van der Waals surface area contributed by atoms with Crippen LogP contribution in [0.1, 0.15) is 30.3 Å². The van der Waals surface area contributed by atoms with Crippen LogP contribution in [0.25, 0.3) is 22.7 Å². The molecule has 0 spiro atoms. The van der Waals surface area contributed by atoms with Crippen molar-refractivity contribution in [2.75, 3.05) is 26.7 Å². The van der Waals surface area contributed by atoms with Gasteiger partial charge in [0.1, 0.15) is 12.0 Å². The van der Waals surface area contributed by atoms with E-state index in [0.717, 1.165) is 49.3 Å². The van der Waals surface area contributed by atoms with Gasteiger partial charge in [0.15, 0.2) is 5.69 Å². The first-order valence-corrected chi connectivity index (χ1v) is 9.72. The van der Waals surface area contributed by atoms with Gasteiger partial charge in [0.2, 0.25) is 5.89 Å². The van der Waals surface area contributed by atoms with Crippen molar-refractivity contribution in [1.82, 2.24) is 25.0 Å². The van der Waals surface area contributed by atoms with Crippen LogP contribution >= 0.6 is 0 Å². The molecule has 0 radical (unpaired) electrons. The summed E-state index contributed by atoms with van der Waals surface area (Å²) in [4.78, 5) is 21.6. The summed E-state index contributed by atoms with van der Waals surface area (Å²) in [6, 6.07) is 10.1. The minimum absolute atomic E-state index is 0.102. The van der Waals surface area contributed by atoms with Crippen molar-refractivity contribution >= 4 is 5.91 Å². The number of carbonyl (C=O) groups excluding carboxylic acids is 1. The summed E-state index contributed by atoms with van der Waals surface area (Å²) < 4.78 is 5.64. The SMILES string of the molecule is CCN1CCC(N(C)C(=O)c2coc(-c3c[nH]nc3-c3ccccc3)n2)CC1. The molecule has 1 amide bonds. The molecule has 0 saturated carbocycles. The topological polar surface area (TPSA) is 78.3 Å². The molecule has 2 aromatic heterocycles. The van der Waals surface area contributed by atoms with Gasteiger partial charge in [-0.1, -0.05) is 37.3 Å². The molecular formula is C21H25N5O2. The summed E-state index contributed by atoms with van der Waals surface area (Å²) in [6.07, 6.45) is 5.16. The van der Waals surface area contributed by atoms with E-state index in [4.69, 9.17) is 4.42 Å². The van der Waals surface area contributed by atoms with Crippen LogP contribution in [0.15, 0.2) is 47.2 Å². The largest absolute Gasteiger partial charge is 0.443 e. The number of nitrogens with zero attached hydrogens (tertiary/aromatic N) is 4. The third-order valence-corrected chi connectivity index (χ3v) is 5.51. The van der Waals surface area contributed by atoms with Crippen LogP contribution < -0.4 is 0 Å². The second kappa shape index (κ2) is 7.98. The maximum Gasteiger partial charge on any atom is 0.275 e. The van der Waals surface area contributed by atoms with Gasteiger partial charge in [-0.15, -0.1) is 0 Å². The molecule has 0 aliphatic carbocycles. The maximum absolute atomic E-state index is 12.9. The Bertz CT molecular complexity index is 925. The quantitative estimate of drug-likeness (QED) is 0.736. The molecule has 7 nitrogen and oxygen atoms in total. The molecule has 1 saturated heterocycles. The van der Waals surface area contributed by atoms with E-state index < -0.39 is 0 Å². The van der Waals surface area contributed by atoms with Crippen molar-refractivity contribution in [3.8, 4) is 22.7 Å². The fourth-order valence-electron chi connectivity index (χ4n) is 3.73. The number of benzene rings is 1. The molecule has 3 aromatic rings. The van der Waals surface area contributed by atoms with Crippen LogP contribution in [0.5, 0.6) is 0 Å². The van der Waals surface area contributed by atoms with E-state index in [-0.39, 0.29) is 11.9 Å². The number of hydrogen-bond acceptors (Lipinski definition) is 5. The van der Waals surface area contributed by atoms with Crippen molar-refractivity contribution in [3.63, 3.8) is 0 Å². The third-order valence-electron chi connectivity index (χ3n) is 5.51. The molecule has 0 bridgehead atoms. The highest BCUT2D eigenvalue weighted by Gasteiger charge is 2.27. The number of H-pyrrole nitrogens is 1. The van der Waals surface area contributed by atoms with Crippen LogP contribution in [-0.4, -0.2) is 63.6 Å². The number of piperidine rings is 1. The molecule has 146 valence electrons. The number of aromatic amines is 1. The second-order valence-corrected chi connectivity index (χ2v) is 7.13. The Kier molecular flexibility index (Phi) is 5.25. The van der Waals surface area contributed by atoms with E-state index in [1.807, 2.05) is 42.3 Å². The van der Waals surface area contributed by atoms with E-state index in [1.165, 1.54) is 6.26 Å². The highest BCUT2D eigenvalue weighted by molar-refractivity contribution is 5.92. The molecule has 1 aliphatic rings. The molecule has 1 fully saturated rings. The lowest BCUT2D eigenvalue weighted by Gasteiger charge is -2.35. The van der Waals surface area contributed by atoms with Gasteiger partial charge in [0.25, 0.3) is 5.91 Å². The zero-order valence-corrected chi connectivity index (χ0v) is 16.3. The highest BCUT2D eigenvalue weighted by atomic mass is 16.3. The first-order chi connectivity index (χ1) is 13.7. The normalized spacial score (nSPS) is 15.6. The Morgan fingerprint density at radius 1 is 1.29 bits per heavy atom. The van der Waals surface area contributed by atoms with Gasteiger partial charge in [-0.25, -0.2) is 4.98 Å². The molecule has 7 heteroatoms. The molecule has 28 heavy (non-hydrogen) atoms. The number of aromatic nitrogens is 3. The molecule has 1 N–H and O–H groups in total. The molecule has 1 aromatic carbocycles. The lowest BCUT2D eigenvalue weighted by molar-refractivity contribution is 0.0641. The van der Waals surface area contributed by atoms with Gasteiger partial charge in [0, 0.05) is 37.9 Å². The van der Waals surface area contributed by atoms with Gasteiger partial charge in [-0.2, -0.15) is 5.10 Å². The van der Waals surface area contributed by atoms with E-state index in [0.29, 0.717) is 11.6 Å². The Morgan fingerprint density at radius 2 is 2.04 bits per heavy atom. The van der Waals surface area contributed by atoms with Crippen LogP contribution in [0.3, 0.4) is 0 Å². The standard InChI is InChI=1S/C21H25N5O2/c1-3-26-11-9-16(10-12-26)25(2)21(27)18-14-28-20(23-18)17-13-22-24-19(17)15-7-5-4-6-8-15/h4-8,13-14,16H,3,9-12H2,1-2H3,(H,22,24). The Hall–Kier alpha value is -2.93. The van der Waals surface area contributed by atoms with Gasteiger partial charge in [-0.05, 0) is 19.4 Å². The number of hydrogen-bond donors (Lipinski definition) is 1. The predicted octanol–water partition coefficient (Wildman–Crippen LogP) is 3.29. The fraction of sp³-hybridized carbons (Fsp3) is 0.381. The number of oxazole rings is 1. The van der Waals surface area contributed by atoms with Crippen LogP contribution in [0.4, 0.5) is 0 Å². The van der Waals surface area contributed by atoms with Crippen molar-refractivity contribution in [2.45, 2.75) is 25.8 Å². The van der Waals surface area contributed by atoms with Crippen molar-refractivity contribution in [3.05, 3.63) is 48.5 Å². The van der Waals surface area contributed by atoms with Gasteiger partial charge < -0.3 is 14.2 Å². The number of nitrogens with one attached hydrogen (secondary N) is 1. The molecule has 4 rings (SSSR count). The van der Waals surface area contributed by atoms with Crippen LogP contribution in [-0.2, 0) is 0 Å². The summed E-state index contributed by atoms with van der Waals surface area (Å²) in [5.41, 5.74) is 2.78. The number of carbonyl (C=O) groups is 1. The predicted molar refractivity (Wildman–Crippen MR) is 107 cm³/mol. The van der Waals surface area contributed by atoms with Gasteiger partial charge >= 0.3 is 0 Å². The van der Waals surface area contributed by atoms with E-state index in [9.17, 15) is 4.79 Å². The fourth-order valence-corrected chi connectivity index (χ4v) is 3.73. The highest BCUT2D eigenvalue weighted by Crippen LogP contribution is 2.29. The lowest BCUT2D eigenvalue weighted by Crippen LogP contribution is -2.45.